The Balaban J connectivity index is -0.00000103. The number of rotatable bonds is 22. The molecule has 10 N–H and O–H groups in total. The van der Waals surface area contributed by atoms with E-state index in [2.05, 4.69) is 0 Å². The maximum absolute atomic E-state index is 12.4. The fourth-order valence-electron chi connectivity index (χ4n) is 4.48. The van der Waals surface area contributed by atoms with E-state index in [1.807, 2.05) is 27.7 Å². The van der Waals surface area contributed by atoms with Gasteiger partial charge in [-0.05, 0) is 56.7 Å². The fourth-order valence-corrected chi connectivity index (χ4v) is 4.48. The Kier molecular flexibility index (Phi) is 36.5. The van der Waals surface area contributed by atoms with Gasteiger partial charge < -0.3 is 75.1 Å². The fraction of sp³-hybridized carbons (Fsp3) is 0.659. The minimum atomic E-state index is -1.64. The zero-order chi connectivity index (χ0) is 49.1. The topological polar surface area (TPSA) is 371 Å². The molecule has 362 valence electrons. The van der Waals surface area contributed by atoms with Gasteiger partial charge in [0.2, 0.25) is 12.4 Å². The van der Waals surface area contributed by atoms with Crippen LogP contribution in [0.15, 0.2) is 18.2 Å². The molecule has 0 spiro atoms. The average molecular weight is 910 g/mol. The summed E-state index contributed by atoms with van der Waals surface area (Å²) in [4.78, 5) is 87.3. The number of hydrogen-bond acceptors (Lipinski definition) is 18. The second kappa shape index (κ2) is 37.2. The maximum Gasteiger partial charge on any atom is 0.339 e. The lowest BCUT2D eigenvalue weighted by Gasteiger charge is -2.40. The number of aromatic carboxylic acids is 1. The number of carbonyl (C=O) groups is 8. The molecule has 22 nitrogen and oxygen atoms in total. The van der Waals surface area contributed by atoms with Crippen molar-refractivity contribution in [2.24, 2.45) is 0 Å². The molecule has 22 heteroatoms. The first-order valence-corrected chi connectivity index (χ1v) is 20.4. The summed E-state index contributed by atoms with van der Waals surface area (Å²) in [5.41, 5.74) is 5.67. The van der Waals surface area contributed by atoms with Crippen LogP contribution in [0.3, 0.4) is 0 Å². The molecule has 2 rings (SSSR count). The van der Waals surface area contributed by atoms with Crippen LogP contribution in [-0.4, -0.2) is 145 Å². The van der Waals surface area contributed by atoms with E-state index >= 15 is 0 Å². The van der Waals surface area contributed by atoms with Gasteiger partial charge in [-0.3, -0.25) is 28.8 Å². The Morgan fingerprint density at radius 2 is 1.10 bits per heavy atom. The third-order valence-electron chi connectivity index (χ3n) is 7.50. The first kappa shape index (κ1) is 61.9. The quantitative estimate of drug-likeness (QED) is 0.0349. The number of aliphatic carboxylic acids is 3. The number of carboxylic acid groups (broad SMARTS) is 4. The summed E-state index contributed by atoms with van der Waals surface area (Å²) < 4.78 is 28.1. The van der Waals surface area contributed by atoms with Crippen molar-refractivity contribution in [3.8, 4) is 5.75 Å². The van der Waals surface area contributed by atoms with Crippen LogP contribution in [0.5, 0.6) is 5.75 Å². The number of esters is 3. The molecule has 0 aromatic heterocycles. The number of aldehydes is 1. The summed E-state index contributed by atoms with van der Waals surface area (Å²) >= 11 is 0. The molecule has 0 amide bonds. The third-order valence-corrected chi connectivity index (χ3v) is 7.50. The standard InChI is InChI=1S/C24H33NO10.C5H10O5.3C4H8O2/c1-4-7-18(26)32-17-13-31-24(33-16-11-10-14(25)12-15(16)23(29)30)22(35-20(28)9-6-3)21(17)34-19(27)8-5-2;6-1-3(8)5(10)4(9)2-7;3*1-2-3-4(5)6/h10-12,17,21-22,24H,4-9,13,25H2,1-3H3,(H,29,30);1,3-5,7-10H,2H2;3*2-3H2,1H3,(H,5,6)/t17-,21+,22-,24-;;;;/m1..../s1. The van der Waals surface area contributed by atoms with Crippen molar-refractivity contribution in [3.63, 3.8) is 0 Å². The number of anilines is 1. The van der Waals surface area contributed by atoms with Crippen molar-refractivity contribution in [2.75, 3.05) is 18.9 Å². The van der Waals surface area contributed by atoms with Crippen LogP contribution in [0.25, 0.3) is 0 Å². The van der Waals surface area contributed by atoms with Crippen LogP contribution in [0.1, 0.15) is 129 Å². The van der Waals surface area contributed by atoms with E-state index < -0.39 is 91.3 Å². The van der Waals surface area contributed by atoms with Crippen molar-refractivity contribution in [2.45, 2.75) is 162 Å². The van der Waals surface area contributed by atoms with E-state index in [1.54, 1.807) is 13.8 Å². The van der Waals surface area contributed by atoms with Crippen LogP contribution in [0, 0.1) is 0 Å². The molecule has 1 aliphatic heterocycles. The van der Waals surface area contributed by atoms with Crippen LogP contribution in [0.4, 0.5) is 5.69 Å². The lowest BCUT2D eigenvalue weighted by atomic mass is 10.0. The minimum absolute atomic E-state index is 0.0708. The molecule has 0 bridgehead atoms. The van der Waals surface area contributed by atoms with Gasteiger partial charge in [-0.1, -0.05) is 41.5 Å². The van der Waals surface area contributed by atoms with Gasteiger partial charge in [0, 0.05) is 44.2 Å². The second-order valence-corrected chi connectivity index (χ2v) is 13.4. The van der Waals surface area contributed by atoms with Crippen molar-refractivity contribution in [1.29, 1.82) is 0 Å². The first-order chi connectivity index (χ1) is 29.6. The van der Waals surface area contributed by atoms with Gasteiger partial charge in [-0.25, -0.2) is 4.79 Å². The molecule has 1 aliphatic rings. The summed E-state index contributed by atoms with van der Waals surface area (Å²) in [6.45, 7) is 9.99. The molecule has 0 aliphatic carbocycles. The largest absolute Gasteiger partial charge is 0.481 e. The molecule has 0 radical (unpaired) electrons. The predicted molar refractivity (Wildman–Crippen MR) is 221 cm³/mol. The maximum atomic E-state index is 12.4. The molecular formula is C41H67NO21. The van der Waals surface area contributed by atoms with Crippen molar-refractivity contribution in [3.05, 3.63) is 23.8 Å². The Labute approximate surface area is 366 Å². The number of nitrogen functional groups attached to an aromatic ring is 1. The first-order valence-electron chi connectivity index (χ1n) is 20.4. The molecule has 1 aromatic carbocycles. The minimum Gasteiger partial charge on any atom is -0.481 e. The number of aliphatic hydroxyl groups excluding tert-OH is 4. The van der Waals surface area contributed by atoms with E-state index in [1.165, 1.54) is 18.2 Å². The number of ether oxygens (including phenoxy) is 5. The van der Waals surface area contributed by atoms with E-state index in [4.69, 9.17) is 65.2 Å². The van der Waals surface area contributed by atoms with Gasteiger partial charge >= 0.3 is 41.8 Å². The molecule has 63 heavy (non-hydrogen) atoms. The van der Waals surface area contributed by atoms with Gasteiger partial charge in [0.15, 0.2) is 18.5 Å². The number of benzene rings is 1. The predicted octanol–water partition coefficient (Wildman–Crippen LogP) is 2.71. The van der Waals surface area contributed by atoms with Crippen molar-refractivity contribution < 1.29 is 103 Å². The Morgan fingerprint density at radius 1 is 0.683 bits per heavy atom. The zero-order valence-electron chi connectivity index (χ0n) is 36.7. The Morgan fingerprint density at radius 3 is 1.44 bits per heavy atom. The summed E-state index contributed by atoms with van der Waals surface area (Å²) in [6, 6.07) is 4.00. The van der Waals surface area contributed by atoms with Crippen LogP contribution in [0.2, 0.25) is 0 Å². The second-order valence-electron chi connectivity index (χ2n) is 13.4. The molecule has 3 unspecified atom stereocenters. The van der Waals surface area contributed by atoms with Crippen LogP contribution < -0.4 is 10.5 Å². The Bertz CT molecular complexity index is 1470. The average Bonchev–Trinajstić information content (AvgIpc) is 3.20. The van der Waals surface area contributed by atoms with Gasteiger partial charge in [0.25, 0.3) is 0 Å². The molecular weight excluding hydrogens is 842 g/mol. The summed E-state index contributed by atoms with van der Waals surface area (Å²) in [6.07, 6.45) is -4.67. The molecule has 7 atom stereocenters. The summed E-state index contributed by atoms with van der Waals surface area (Å²) in [7, 11) is 0. The van der Waals surface area contributed by atoms with E-state index in [0.29, 0.717) is 38.5 Å². The highest BCUT2D eigenvalue weighted by molar-refractivity contribution is 5.92. The van der Waals surface area contributed by atoms with Gasteiger partial charge in [0.05, 0.1) is 13.2 Å². The number of aliphatic hydroxyl groups is 4. The molecule has 1 heterocycles. The number of hydrogen-bond donors (Lipinski definition) is 9. The molecule has 1 saturated heterocycles. The normalized spacial score (nSPS) is 17.4. The highest BCUT2D eigenvalue weighted by atomic mass is 16.7. The van der Waals surface area contributed by atoms with Crippen LogP contribution in [-0.2, 0) is 52.5 Å². The van der Waals surface area contributed by atoms with Gasteiger partial charge in [-0.15, -0.1) is 0 Å². The van der Waals surface area contributed by atoms with E-state index in [0.717, 1.165) is 19.3 Å². The van der Waals surface area contributed by atoms with Gasteiger partial charge in [-0.2, -0.15) is 0 Å². The highest BCUT2D eigenvalue weighted by Gasteiger charge is 2.49. The SMILES string of the molecule is CCCC(=O)O.CCCC(=O)O.CCCC(=O)O.CCCC(=O)O[C@@H]1[C@@H](OC(=O)CCC)[C@@H](Oc2ccc(N)cc2C(=O)O)OC[C@H]1OC(=O)CCC.O=CC(O)C(O)C(O)CO. The van der Waals surface area contributed by atoms with Gasteiger partial charge in [0.1, 0.15) is 29.6 Å². The number of nitrogens with two attached hydrogens (primary N) is 1. The number of carboxylic acids is 4. The molecule has 0 saturated carbocycles. The molecule has 1 fully saturated rings. The summed E-state index contributed by atoms with van der Waals surface area (Å²) in [5.74, 6) is -5.23. The van der Waals surface area contributed by atoms with E-state index in [-0.39, 0.29) is 49.2 Å². The zero-order valence-corrected chi connectivity index (χ0v) is 36.7. The molecule has 1 aromatic rings. The lowest BCUT2D eigenvalue weighted by molar-refractivity contribution is -0.261. The monoisotopic (exact) mass is 909 g/mol. The van der Waals surface area contributed by atoms with Crippen molar-refractivity contribution >= 4 is 53.8 Å². The van der Waals surface area contributed by atoms with E-state index in [9.17, 15) is 43.5 Å². The Hall–Kier alpha value is -5.42. The number of carbonyl (C=O) groups excluding carboxylic acids is 4. The smallest absolute Gasteiger partial charge is 0.339 e. The third kappa shape index (κ3) is 30.3. The van der Waals surface area contributed by atoms with Crippen LogP contribution >= 0.6 is 0 Å². The summed E-state index contributed by atoms with van der Waals surface area (Å²) in [5, 5.41) is 67.3. The lowest BCUT2D eigenvalue weighted by Crippen LogP contribution is -2.59. The van der Waals surface area contributed by atoms with Crippen molar-refractivity contribution in [1.82, 2.24) is 0 Å². The highest BCUT2D eigenvalue weighted by Crippen LogP contribution is 2.30.